The van der Waals surface area contributed by atoms with E-state index in [-0.39, 0.29) is 10.8 Å². The number of nitrogens with one attached hydrogen (secondary N) is 3. The van der Waals surface area contributed by atoms with Crippen LogP contribution in [0.25, 0.3) is 0 Å². The monoisotopic (exact) mass is 300 g/mol. The summed E-state index contributed by atoms with van der Waals surface area (Å²) in [6.45, 7) is 3.93. The molecule has 0 fully saturated rings. The number of hydrogen-bond donors (Lipinski definition) is 3. The number of anilines is 1. The van der Waals surface area contributed by atoms with E-state index in [4.69, 9.17) is 0 Å². The maximum absolute atomic E-state index is 12.2. The first kappa shape index (κ1) is 16.4. The van der Waals surface area contributed by atoms with E-state index in [9.17, 15) is 13.2 Å². The van der Waals surface area contributed by atoms with Crippen LogP contribution in [0.1, 0.15) is 20.3 Å². The third kappa shape index (κ3) is 4.17. The highest BCUT2D eigenvalue weighted by Gasteiger charge is 2.24. The number of amides is 1. The molecule has 1 amide bonds. The van der Waals surface area contributed by atoms with Gasteiger partial charge in [0.05, 0.1) is 11.7 Å². The number of hydrogen-bond acceptors (Lipinski definition) is 5. The van der Waals surface area contributed by atoms with Crippen molar-refractivity contribution in [3.8, 4) is 0 Å². The van der Waals surface area contributed by atoms with E-state index in [0.717, 1.165) is 6.42 Å². The third-order valence-corrected chi connectivity index (χ3v) is 4.19. The lowest BCUT2D eigenvalue weighted by Crippen LogP contribution is -2.45. The summed E-state index contributed by atoms with van der Waals surface area (Å²) in [6, 6.07) is 0.701. The molecule has 7 nitrogen and oxygen atoms in total. The first-order valence-electron chi connectivity index (χ1n) is 6.34. The van der Waals surface area contributed by atoms with E-state index in [1.165, 1.54) is 19.3 Å². The van der Waals surface area contributed by atoms with Gasteiger partial charge in [-0.05, 0) is 19.4 Å². The predicted octanol–water partition coefficient (Wildman–Crippen LogP) is 0.316. The molecule has 3 N–H and O–H groups in total. The Kier molecular flexibility index (Phi) is 5.90. The van der Waals surface area contributed by atoms with Crippen LogP contribution in [-0.4, -0.2) is 38.9 Å². The Morgan fingerprint density at radius 1 is 1.45 bits per heavy atom. The fourth-order valence-corrected chi connectivity index (χ4v) is 2.91. The topological polar surface area (TPSA) is 100 Å². The van der Waals surface area contributed by atoms with Gasteiger partial charge in [-0.3, -0.25) is 9.78 Å². The number of carbonyl (C=O) groups excluding carboxylic acids is 1. The molecule has 0 spiro atoms. The molecule has 0 aromatic carbocycles. The quantitative estimate of drug-likeness (QED) is 0.673. The van der Waals surface area contributed by atoms with Crippen LogP contribution in [0.15, 0.2) is 23.4 Å². The van der Waals surface area contributed by atoms with Crippen LogP contribution in [0.3, 0.4) is 0 Å². The van der Waals surface area contributed by atoms with Crippen molar-refractivity contribution in [3.63, 3.8) is 0 Å². The Morgan fingerprint density at radius 3 is 2.75 bits per heavy atom. The highest BCUT2D eigenvalue weighted by atomic mass is 32.2. The lowest BCUT2D eigenvalue weighted by molar-refractivity contribution is -0.122. The highest BCUT2D eigenvalue weighted by Crippen LogP contribution is 2.18. The molecule has 0 radical (unpaired) electrons. The summed E-state index contributed by atoms with van der Waals surface area (Å²) in [5.74, 6) is -0.356. The largest absolute Gasteiger partial charge is 0.387 e. The molecule has 8 heteroatoms. The minimum absolute atomic E-state index is 0.0117. The molecule has 1 aromatic heterocycles. The van der Waals surface area contributed by atoms with Crippen molar-refractivity contribution in [2.75, 3.05) is 18.9 Å². The molecule has 0 aliphatic heterocycles. The average Bonchev–Trinajstić information content (AvgIpc) is 2.44. The van der Waals surface area contributed by atoms with Crippen molar-refractivity contribution >= 4 is 21.6 Å². The van der Waals surface area contributed by atoms with Gasteiger partial charge in [0.2, 0.25) is 15.9 Å². The first-order valence-corrected chi connectivity index (χ1v) is 7.82. The Bertz CT molecular complexity index is 560. The number of rotatable bonds is 7. The van der Waals surface area contributed by atoms with E-state index < -0.39 is 16.1 Å². The highest BCUT2D eigenvalue weighted by molar-refractivity contribution is 7.89. The third-order valence-electron chi connectivity index (χ3n) is 2.62. The van der Waals surface area contributed by atoms with Crippen molar-refractivity contribution in [2.24, 2.45) is 0 Å². The Hall–Kier alpha value is -1.67. The molecule has 1 heterocycles. The minimum Gasteiger partial charge on any atom is -0.387 e. The van der Waals surface area contributed by atoms with E-state index >= 15 is 0 Å². The maximum atomic E-state index is 12.2. The van der Waals surface area contributed by atoms with Crippen molar-refractivity contribution in [3.05, 3.63) is 18.5 Å². The summed E-state index contributed by atoms with van der Waals surface area (Å²) in [4.78, 5) is 15.5. The Morgan fingerprint density at radius 2 is 2.15 bits per heavy atom. The van der Waals surface area contributed by atoms with Crippen molar-refractivity contribution in [1.82, 2.24) is 15.0 Å². The normalized spacial score (nSPS) is 12.8. The van der Waals surface area contributed by atoms with Gasteiger partial charge in [0.25, 0.3) is 0 Å². The average molecular weight is 300 g/mol. The number of carbonyl (C=O) groups is 1. The summed E-state index contributed by atoms with van der Waals surface area (Å²) in [7, 11) is -2.19. The van der Waals surface area contributed by atoms with Gasteiger partial charge < -0.3 is 10.6 Å². The van der Waals surface area contributed by atoms with Crippen molar-refractivity contribution in [1.29, 1.82) is 0 Å². The van der Waals surface area contributed by atoms with E-state index in [2.05, 4.69) is 20.3 Å². The molecule has 0 aliphatic carbocycles. The molecular formula is C12H20N4O3S. The predicted molar refractivity (Wildman–Crippen MR) is 76.9 cm³/mol. The van der Waals surface area contributed by atoms with Crippen molar-refractivity contribution in [2.45, 2.75) is 31.2 Å². The zero-order valence-corrected chi connectivity index (χ0v) is 12.6. The van der Waals surface area contributed by atoms with Crippen LogP contribution >= 0.6 is 0 Å². The SMILES string of the molecule is CCCNC(=O)C(C)NS(=O)(=O)c1cnccc1NC. The molecule has 0 saturated carbocycles. The van der Waals surface area contributed by atoms with Crippen LogP contribution in [-0.2, 0) is 14.8 Å². The zero-order chi connectivity index (χ0) is 15.2. The van der Waals surface area contributed by atoms with Crippen LogP contribution in [0.4, 0.5) is 5.69 Å². The van der Waals surface area contributed by atoms with Crippen LogP contribution < -0.4 is 15.4 Å². The molecule has 1 aromatic rings. The molecule has 0 bridgehead atoms. The van der Waals surface area contributed by atoms with Gasteiger partial charge in [-0.25, -0.2) is 8.42 Å². The first-order chi connectivity index (χ1) is 9.42. The molecule has 20 heavy (non-hydrogen) atoms. The zero-order valence-electron chi connectivity index (χ0n) is 11.8. The van der Waals surface area contributed by atoms with Crippen LogP contribution in [0.2, 0.25) is 0 Å². The van der Waals surface area contributed by atoms with Crippen LogP contribution in [0.5, 0.6) is 0 Å². The molecule has 112 valence electrons. The molecule has 1 rings (SSSR count). The van der Waals surface area contributed by atoms with Gasteiger partial charge in [0.1, 0.15) is 4.90 Å². The summed E-state index contributed by atoms with van der Waals surface area (Å²) < 4.78 is 26.8. The van der Waals surface area contributed by atoms with E-state index in [1.807, 2.05) is 6.92 Å². The van der Waals surface area contributed by atoms with E-state index in [0.29, 0.717) is 12.2 Å². The van der Waals surface area contributed by atoms with Gasteiger partial charge in [-0.2, -0.15) is 4.72 Å². The van der Waals surface area contributed by atoms with Crippen molar-refractivity contribution < 1.29 is 13.2 Å². The van der Waals surface area contributed by atoms with Crippen LogP contribution in [0, 0.1) is 0 Å². The maximum Gasteiger partial charge on any atom is 0.244 e. The van der Waals surface area contributed by atoms with Gasteiger partial charge >= 0.3 is 0 Å². The number of aromatic nitrogens is 1. The molecular weight excluding hydrogens is 280 g/mol. The standard InChI is InChI=1S/C12H20N4O3S/c1-4-6-15-12(17)9(2)16-20(18,19)11-8-14-7-5-10(11)13-3/h5,7-9,16H,4,6H2,1-3H3,(H,13,14)(H,15,17). The molecule has 1 unspecified atom stereocenters. The fraction of sp³-hybridized carbons (Fsp3) is 0.500. The van der Waals surface area contributed by atoms with Gasteiger partial charge in [0.15, 0.2) is 0 Å². The number of pyridine rings is 1. The minimum atomic E-state index is -3.81. The number of nitrogens with zero attached hydrogens (tertiary/aromatic N) is 1. The Balaban J connectivity index is 2.87. The lowest BCUT2D eigenvalue weighted by Gasteiger charge is -2.15. The Labute approximate surface area is 119 Å². The van der Waals surface area contributed by atoms with Gasteiger partial charge in [0, 0.05) is 26.0 Å². The second kappa shape index (κ2) is 7.20. The smallest absolute Gasteiger partial charge is 0.244 e. The second-order valence-corrected chi connectivity index (χ2v) is 5.94. The summed E-state index contributed by atoms with van der Waals surface area (Å²) >= 11 is 0. The van der Waals surface area contributed by atoms with Gasteiger partial charge in [-0.1, -0.05) is 6.92 Å². The number of sulfonamides is 1. The summed E-state index contributed by atoms with van der Waals surface area (Å²) in [5.41, 5.74) is 0.425. The summed E-state index contributed by atoms with van der Waals surface area (Å²) in [5, 5.41) is 5.42. The molecule has 0 aliphatic rings. The molecule has 1 atom stereocenters. The van der Waals surface area contributed by atoms with E-state index in [1.54, 1.807) is 13.1 Å². The molecule has 0 saturated heterocycles. The second-order valence-electron chi connectivity index (χ2n) is 4.26. The summed E-state index contributed by atoms with van der Waals surface area (Å²) in [6.07, 6.45) is 3.52. The lowest BCUT2D eigenvalue weighted by atomic mass is 10.3. The fourth-order valence-electron chi connectivity index (χ4n) is 1.55. The van der Waals surface area contributed by atoms with Gasteiger partial charge in [-0.15, -0.1) is 0 Å².